The minimum atomic E-state index is -1.55. The van der Waals surface area contributed by atoms with Gasteiger partial charge in [0.1, 0.15) is 0 Å². The average Bonchev–Trinajstić information content (AvgIpc) is 3.75. The van der Waals surface area contributed by atoms with Gasteiger partial charge in [-0.15, -0.1) is 0 Å². The maximum atomic E-state index is 11.8. The summed E-state index contributed by atoms with van der Waals surface area (Å²) in [6.07, 6.45) is 5.85. The zero-order valence-electron chi connectivity index (χ0n) is 32.8. The number of carbonyl (C=O) groups is 1. The zero-order chi connectivity index (χ0) is 37.3. The van der Waals surface area contributed by atoms with Gasteiger partial charge >= 0.3 is 5.97 Å². The Morgan fingerprint density at radius 3 is 2.25 bits per heavy atom. The van der Waals surface area contributed by atoms with Crippen molar-refractivity contribution in [1.82, 2.24) is 0 Å². The summed E-state index contributed by atoms with van der Waals surface area (Å²) in [6, 6.07) is 0. The molecule has 6 fully saturated rings. The third kappa shape index (κ3) is 7.19. The lowest BCUT2D eigenvalue weighted by Gasteiger charge is -2.50. The summed E-state index contributed by atoms with van der Waals surface area (Å²) in [7, 11) is 1.77. The molecule has 19 atom stereocenters. The van der Waals surface area contributed by atoms with Gasteiger partial charge in [0.15, 0.2) is 11.6 Å². The number of hydrogen-bond donors (Lipinski definition) is 3. The van der Waals surface area contributed by atoms with Crippen molar-refractivity contribution in [2.24, 2.45) is 41.4 Å². The van der Waals surface area contributed by atoms with E-state index in [4.69, 9.17) is 33.2 Å². The molecule has 6 aliphatic heterocycles. The van der Waals surface area contributed by atoms with Crippen LogP contribution in [-0.4, -0.2) is 107 Å². The van der Waals surface area contributed by atoms with Gasteiger partial charge in [0, 0.05) is 37.7 Å². The maximum absolute atomic E-state index is 11.8. The van der Waals surface area contributed by atoms with E-state index in [0.717, 1.165) is 51.4 Å². The van der Waals surface area contributed by atoms with Crippen molar-refractivity contribution in [1.29, 1.82) is 0 Å². The predicted molar refractivity (Wildman–Crippen MR) is 189 cm³/mol. The number of carboxylic acid groups (broad SMARTS) is 1. The van der Waals surface area contributed by atoms with Crippen LogP contribution in [0.1, 0.15) is 120 Å². The molecule has 0 saturated carbocycles. The summed E-state index contributed by atoms with van der Waals surface area (Å²) >= 11 is 0. The number of aliphatic carboxylic acids is 1. The Labute approximate surface area is 305 Å². The Balaban J connectivity index is 1.13. The Bertz CT molecular complexity index is 1230. The monoisotopic (exact) mass is 724 g/mol. The van der Waals surface area contributed by atoms with Gasteiger partial charge in [-0.1, -0.05) is 41.5 Å². The highest BCUT2D eigenvalue weighted by Crippen LogP contribution is 2.57. The molecule has 11 heteroatoms. The van der Waals surface area contributed by atoms with Crippen molar-refractivity contribution in [2.75, 3.05) is 13.7 Å². The standard InChI is InChI=1S/C40H68O11/c1-21-11-12-28(46-33(21)26(6)36(42)43)17-29-18-30(45-10)27(7)40(48-29)25(5)19-38(9,51-40)32-13-14-37(8,49-32)35-23(3)16-31(47-35)34-22(2)15-24(4)39(44,20-41)50-34/h21-35,41,44H,11-20H2,1-10H3,(H,42,43)/t21-,22+,23-,24-,25-,26+,27-,28+,29+,30-,31-,32+,33-,34+,35-,37+,38+,39+,40-/m1/s1. The molecule has 0 aromatic carbocycles. The molecule has 11 nitrogen and oxygen atoms in total. The first-order valence-corrected chi connectivity index (χ1v) is 20.0. The number of rotatable bonds is 9. The molecule has 6 aliphatic rings. The summed E-state index contributed by atoms with van der Waals surface area (Å²) in [5.74, 6) is -3.26. The minimum absolute atomic E-state index is 0.00727. The number of carboxylic acids is 1. The van der Waals surface area contributed by atoms with Gasteiger partial charge in [0.25, 0.3) is 0 Å². The molecule has 1 spiro atoms. The molecule has 6 heterocycles. The SMILES string of the molecule is CO[C@@H]1C[C@H](C[C@@H]2CC[C@@H](C)[C@H]([C@H](C)C(=O)O)O2)O[C@]2(O[C@](C)([C@@H]3CC[C@@](C)([C@@H]4O[C@@H]([C@H]5O[C@@](O)(CO)[C@H](C)C[C@@H]5C)C[C@H]4C)O3)C[C@H]2C)[C@@H]1C. The highest BCUT2D eigenvalue weighted by Gasteiger charge is 2.65. The summed E-state index contributed by atoms with van der Waals surface area (Å²) in [6.45, 7) is 18.4. The van der Waals surface area contributed by atoms with E-state index in [0.29, 0.717) is 6.42 Å². The summed E-state index contributed by atoms with van der Waals surface area (Å²) in [4.78, 5) is 11.8. The second-order valence-corrected chi connectivity index (χ2v) is 18.4. The first-order chi connectivity index (χ1) is 23.9. The van der Waals surface area contributed by atoms with Gasteiger partial charge in [0.05, 0.1) is 72.6 Å². The lowest BCUT2D eigenvalue weighted by molar-refractivity contribution is -0.353. The Hall–Kier alpha value is -0.890. The van der Waals surface area contributed by atoms with Crippen LogP contribution in [0.5, 0.6) is 0 Å². The van der Waals surface area contributed by atoms with Gasteiger partial charge in [-0.25, -0.2) is 0 Å². The molecule has 6 rings (SSSR count). The molecule has 0 unspecified atom stereocenters. The fraction of sp³-hybridized carbons (Fsp3) is 0.975. The topological polar surface area (TPSA) is 142 Å². The minimum Gasteiger partial charge on any atom is -0.481 e. The van der Waals surface area contributed by atoms with Gasteiger partial charge < -0.3 is 48.5 Å². The van der Waals surface area contributed by atoms with Crippen LogP contribution in [0.25, 0.3) is 0 Å². The molecule has 0 aromatic heterocycles. The van der Waals surface area contributed by atoms with Gasteiger partial charge in [-0.2, -0.15) is 0 Å². The molecule has 3 N–H and O–H groups in total. The van der Waals surface area contributed by atoms with E-state index >= 15 is 0 Å². The Kier molecular flexibility index (Phi) is 11.4. The fourth-order valence-electron chi connectivity index (χ4n) is 11.3. The predicted octanol–water partition coefficient (Wildman–Crippen LogP) is 5.71. The van der Waals surface area contributed by atoms with Crippen LogP contribution in [0.4, 0.5) is 0 Å². The molecule has 51 heavy (non-hydrogen) atoms. The van der Waals surface area contributed by atoms with Crippen LogP contribution in [0.2, 0.25) is 0 Å². The smallest absolute Gasteiger partial charge is 0.308 e. The number of aliphatic hydroxyl groups excluding tert-OH is 1. The summed E-state index contributed by atoms with van der Waals surface area (Å²) < 4.78 is 47.0. The van der Waals surface area contributed by atoms with Crippen LogP contribution < -0.4 is 0 Å². The maximum Gasteiger partial charge on any atom is 0.308 e. The lowest BCUT2D eigenvalue weighted by Crippen LogP contribution is -2.58. The van der Waals surface area contributed by atoms with Crippen molar-refractivity contribution in [3.8, 4) is 0 Å². The first kappa shape index (κ1) is 39.8. The van der Waals surface area contributed by atoms with E-state index < -0.39 is 41.3 Å². The zero-order valence-corrected chi connectivity index (χ0v) is 32.8. The van der Waals surface area contributed by atoms with E-state index in [1.54, 1.807) is 14.0 Å². The largest absolute Gasteiger partial charge is 0.481 e. The van der Waals surface area contributed by atoms with Gasteiger partial charge in [-0.05, 0) is 83.5 Å². The van der Waals surface area contributed by atoms with Gasteiger partial charge in [-0.3, -0.25) is 4.79 Å². The van der Waals surface area contributed by atoms with Crippen molar-refractivity contribution >= 4 is 5.97 Å². The third-order valence-electron chi connectivity index (χ3n) is 14.4. The van der Waals surface area contributed by atoms with Gasteiger partial charge in [0.2, 0.25) is 0 Å². The number of hydrogen-bond acceptors (Lipinski definition) is 10. The van der Waals surface area contributed by atoms with E-state index in [2.05, 4.69) is 48.5 Å². The number of methoxy groups -OCH3 is 1. The Morgan fingerprint density at radius 2 is 1.59 bits per heavy atom. The fourth-order valence-corrected chi connectivity index (χ4v) is 11.3. The first-order valence-electron chi connectivity index (χ1n) is 20.0. The average molecular weight is 725 g/mol. The molecular weight excluding hydrogens is 656 g/mol. The quantitative estimate of drug-likeness (QED) is 0.269. The highest BCUT2D eigenvalue weighted by molar-refractivity contribution is 5.70. The third-order valence-corrected chi connectivity index (χ3v) is 14.4. The Morgan fingerprint density at radius 1 is 0.863 bits per heavy atom. The van der Waals surface area contributed by atoms with Crippen LogP contribution in [0, 0.1) is 41.4 Å². The summed E-state index contributed by atoms with van der Waals surface area (Å²) in [5, 5.41) is 30.7. The number of ether oxygens (including phenoxy) is 7. The van der Waals surface area contributed by atoms with Crippen LogP contribution in [0.15, 0.2) is 0 Å². The molecule has 0 radical (unpaired) electrons. The molecule has 0 bridgehead atoms. The highest BCUT2D eigenvalue weighted by atomic mass is 16.7. The molecule has 6 saturated heterocycles. The number of aliphatic hydroxyl groups is 2. The second-order valence-electron chi connectivity index (χ2n) is 18.4. The summed E-state index contributed by atoms with van der Waals surface area (Å²) in [5.41, 5.74) is -1.10. The normalized spacial score (nSPS) is 54.2. The van der Waals surface area contributed by atoms with E-state index in [1.165, 1.54) is 0 Å². The van der Waals surface area contributed by atoms with E-state index in [9.17, 15) is 20.1 Å². The molecule has 294 valence electrons. The van der Waals surface area contributed by atoms with Crippen LogP contribution >= 0.6 is 0 Å². The van der Waals surface area contributed by atoms with E-state index in [1.807, 2.05) is 6.92 Å². The van der Waals surface area contributed by atoms with Crippen molar-refractivity contribution in [2.45, 2.75) is 192 Å². The van der Waals surface area contributed by atoms with Crippen LogP contribution in [-0.2, 0) is 38.0 Å². The van der Waals surface area contributed by atoms with Crippen LogP contribution in [0.3, 0.4) is 0 Å². The van der Waals surface area contributed by atoms with E-state index in [-0.39, 0.29) is 84.3 Å². The molecule has 0 amide bonds. The molecule has 0 aromatic rings. The van der Waals surface area contributed by atoms with Crippen molar-refractivity contribution < 1.29 is 53.3 Å². The molecular formula is C40H68O11. The van der Waals surface area contributed by atoms with Crippen molar-refractivity contribution in [3.05, 3.63) is 0 Å². The lowest BCUT2D eigenvalue weighted by atomic mass is 9.78. The molecule has 0 aliphatic carbocycles. The van der Waals surface area contributed by atoms with Crippen molar-refractivity contribution in [3.63, 3.8) is 0 Å². The second kappa shape index (κ2) is 14.6.